The Hall–Kier alpha value is -2.42. The third-order valence-corrected chi connectivity index (χ3v) is 2.68. The van der Waals surface area contributed by atoms with Crippen LogP contribution < -0.4 is 5.32 Å². The molecule has 1 aromatic heterocycles. The molecule has 8 nitrogen and oxygen atoms in total. The zero-order valence-corrected chi connectivity index (χ0v) is 11.9. The van der Waals surface area contributed by atoms with Crippen LogP contribution >= 0.6 is 0 Å². The van der Waals surface area contributed by atoms with Gasteiger partial charge in [-0.3, -0.25) is 10.1 Å². The van der Waals surface area contributed by atoms with Crippen molar-refractivity contribution in [3.63, 3.8) is 0 Å². The summed E-state index contributed by atoms with van der Waals surface area (Å²) in [6.07, 6.45) is 0. The quantitative estimate of drug-likeness (QED) is 0.679. The topological polar surface area (TPSA) is 98.8 Å². The first-order valence-electron chi connectivity index (χ1n) is 6.24. The number of nitro groups is 1. The summed E-state index contributed by atoms with van der Waals surface area (Å²) in [7, 11) is 0. The molecule has 0 saturated carbocycles. The first-order chi connectivity index (χ1) is 9.78. The van der Waals surface area contributed by atoms with Gasteiger partial charge >= 0.3 is 0 Å². The number of hydrogen-bond donors (Lipinski definition) is 1. The molecule has 0 unspecified atom stereocenters. The lowest BCUT2D eigenvalue weighted by Gasteiger charge is -2.19. The molecule has 0 atom stereocenters. The van der Waals surface area contributed by atoms with Crippen molar-refractivity contribution in [1.82, 2.24) is 25.5 Å². The van der Waals surface area contributed by atoms with Crippen molar-refractivity contribution >= 4 is 5.69 Å². The van der Waals surface area contributed by atoms with E-state index in [0.717, 1.165) is 6.07 Å². The van der Waals surface area contributed by atoms with E-state index in [9.17, 15) is 14.5 Å². The van der Waals surface area contributed by atoms with Gasteiger partial charge in [-0.25, -0.2) is 4.39 Å². The van der Waals surface area contributed by atoms with Crippen LogP contribution in [0.1, 0.15) is 26.6 Å². The van der Waals surface area contributed by atoms with Crippen molar-refractivity contribution in [2.75, 3.05) is 0 Å². The van der Waals surface area contributed by atoms with Gasteiger partial charge in [0.1, 0.15) is 5.69 Å². The molecule has 0 bridgehead atoms. The first kappa shape index (κ1) is 15.0. The van der Waals surface area contributed by atoms with Crippen LogP contribution in [0, 0.1) is 15.9 Å². The van der Waals surface area contributed by atoms with Crippen LogP contribution in [0.2, 0.25) is 0 Å². The second-order valence-corrected chi connectivity index (χ2v) is 5.50. The number of nitrogens with zero attached hydrogens (tertiary/aromatic N) is 5. The van der Waals surface area contributed by atoms with E-state index in [2.05, 4.69) is 20.8 Å². The lowest BCUT2D eigenvalue weighted by molar-refractivity contribution is -0.385. The highest BCUT2D eigenvalue weighted by molar-refractivity contribution is 5.42. The number of non-ortho nitro benzene ring substituents is 1. The summed E-state index contributed by atoms with van der Waals surface area (Å²) in [5, 5.41) is 24.9. The maximum Gasteiger partial charge on any atom is 0.272 e. The lowest BCUT2D eigenvalue weighted by atomic mass is 10.1. The zero-order chi connectivity index (χ0) is 15.6. The number of nitro benzene ring substituents is 1. The summed E-state index contributed by atoms with van der Waals surface area (Å²) in [5.74, 6) is -0.341. The molecule has 2 rings (SSSR count). The van der Waals surface area contributed by atoms with Gasteiger partial charge in [-0.2, -0.15) is 4.68 Å². The predicted molar refractivity (Wildman–Crippen MR) is 72.4 cm³/mol. The van der Waals surface area contributed by atoms with Gasteiger partial charge in [0.2, 0.25) is 0 Å². The molecule has 21 heavy (non-hydrogen) atoms. The molecular formula is C12H15FN6O2. The number of nitrogens with one attached hydrogen (secondary N) is 1. The first-order valence-corrected chi connectivity index (χ1v) is 6.24. The molecule has 0 spiro atoms. The molecular weight excluding hydrogens is 279 g/mol. The third kappa shape index (κ3) is 3.57. The summed E-state index contributed by atoms with van der Waals surface area (Å²) in [4.78, 5) is 9.95. The third-order valence-electron chi connectivity index (χ3n) is 2.68. The van der Waals surface area contributed by atoms with Gasteiger partial charge in [0.25, 0.3) is 5.69 Å². The highest BCUT2D eigenvalue weighted by Gasteiger charge is 2.17. The van der Waals surface area contributed by atoms with Gasteiger partial charge in [-0.1, -0.05) is 0 Å². The number of hydrogen-bond acceptors (Lipinski definition) is 6. The second kappa shape index (κ2) is 5.52. The largest absolute Gasteiger partial charge is 0.305 e. The molecule has 0 aliphatic carbocycles. The van der Waals surface area contributed by atoms with Gasteiger partial charge in [0, 0.05) is 11.6 Å². The fourth-order valence-electron chi connectivity index (χ4n) is 1.63. The molecule has 9 heteroatoms. The molecule has 1 aromatic carbocycles. The van der Waals surface area contributed by atoms with Gasteiger partial charge in [0.15, 0.2) is 11.6 Å². The molecule has 0 radical (unpaired) electrons. The van der Waals surface area contributed by atoms with E-state index in [4.69, 9.17) is 0 Å². The highest BCUT2D eigenvalue weighted by Crippen LogP contribution is 2.19. The molecule has 0 aliphatic heterocycles. The molecule has 0 aliphatic rings. The molecule has 2 aromatic rings. The van der Waals surface area contributed by atoms with E-state index in [-0.39, 0.29) is 16.9 Å². The minimum absolute atomic E-state index is 0.0660. The number of benzene rings is 1. The molecule has 112 valence electrons. The minimum Gasteiger partial charge on any atom is -0.305 e. The van der Waals surface area contributed by atoms with Crippen molar-refractivity contribution in [2.24, 2.45) is 0 Å². The Labute approximate surface area is 120 Å². The Bertz CT molecular complexity index is 664. The fourth-order valence-corrected chi connectivity index (χ4v) is 1.63. The van der Waals surface area contributed by atoms with Gasteiger partial charge in [0.05, 0.1) is 17.5 Å². The average molecular weight is 294 g/mol. The predicted octanol–water partition coefficient (Wildman–Crippen LogP) is 1.60. The Morgan fingerprint density at radius 1 is 1.43 bits per heavy atom. The summed E-state index contributed by atoms with van der Waals surface area (Å²) in [6.45, 7) is 6.28. The van der Waals surface area contributed by atoms with Crippen molar-refractivity contribution in [1.29, 1.82) is 0 Å². The molecule has 0 amide bonds. The van der Waals surface area contributed by atoms with Crippen LogP contribution in [0.5, 0.6) is 0 Å². The SMILES string of the molecule is CC(C)(C)NCc1nnnn1-c1ccc([N+](=O)[O-])cc1F. The van der Waals surface area contributed by atoms with E-state index >= 15 is 0 Å². The summed E-state index contributed by atoms with van der Waals surface area (Å²) in [5.41, 5.74) is -0.403. The van der Waals surface area contributed by atoms with Crippen LogP contribution in [0.4, 0.5) is 10.1 Å². The molecule has 0 saturated heterocycles. The van der Waals surface area contributed by atoms with Crippen LogP contribution in [0.3, 0.4) is 0 Å². The second-order valence-electron chi connectivity index (χ2n) is 5.50. The van der Waals surface area contributed by atoms with Crippen molar-refractivity contribution in [3.05, 3.63) is 40.0 Å². The van der Waals surface area contributed by atoms with Gasteiger partial charge in [-0.05, 0) is 37.3 Å². The summed E-state index contributed by atoms with van der Waals surface area (Å²) < 4.78 is 15.2. The fraction of sp³-hybridized carbons (Fsp3) is 0.417. The van der Waals surface area contributed by atoms with Crippen molar-refractivity contribution in [2.45, 2.75) is 32.9 Å². The standard InChI is InChI=1S/C12H15FN6O2/c1-12(2,3)14-7-11-15-16-17-18(11)10-5-4-8(19(20)21)6-9(10)13/h4-6,14H,7H2,1-3H3. The Morgan fingerprint density at radius 3 is 2.71 bits per heavy atom. The van der Waals surface area contributed by atoms with E-state index < -0.39 is 10.7 Å². The molecule has 1 heterocycles. The lowest BCUT2D eigenvalue weighted by Crippen LogP contribution is -2.36. The Balaban J connectivity index is 2.31. The van der Waals surface area contributed by atoms with Crippen molar-refractivity contribution < 1.29 is 9.31 Å². The molecule has 0 fully saturated rings. The number of halogens is 1. The Morgan fingerprint density at radius 2 is 2.14 bits per heavy atom. The van der Waals surface area contributed by atoms with E-state index in [1.165, 1.54) is 16.8 Å². The van der Waals surface area contributed by atoms with E-state index in [1.54, 1.807) is 0 Å². The monoisotopic (exact) mass is 294 g/mol. The summed E-state index contributed by atoms with van der Waals surface area (Å²) in [6, 6.07) is 3.34. The van der Waals surface area contributed by atoms with Crippen molar-refractivity contribution in [3.8, 4) is 5.69 Å². The average Bonchev–Trinajstić information content (AvgIpc) is 2.83. The number of tetrazole rings is 1. The maximum atomic E-state index is 14.0. The normalized spacial score (nSPS) is 11.6. The minimum atomic E-state index is -0.756. The van der Waals surface area contributed by atoms with Gasteiger partial charge < -0.3 is 5.32 Å². The number of rotatable bonds is 4. The van der Waals surface area contributed by atoms with Crippen LogP contribution in [-0.4, -0.2) is 30.7 Å². The molecule has 1 N–H and O–H groups in total. The highest BCUT2D eigenvalue weighted by atomic mass is 19.1. The van der Waals surface area contributed by atoms with Gasteiger partial charge in [-0.15, -0.1) is 5.10 Å². The Kier molecular flexibility index (Phi) is 3.94. The summed E-state index contributed by atoms with van der Waals surface area (Å²) >= 11 is 0. The van der Waals surface area contributed by atoms with E-state index in [1.807, 2.05) is 20.8 Å². The zero-order valence-electron chi connectivity index (χ0n) is 11.9. The number of aromatic nitrogens is 4. The van der Waals surface area contributed by atoms with Crippen LogP contribution in [0.25, 0.3) is 5.69 Å². The smallest absolute Gasteiger partial charge is 0.272 e. The van der Waals surface area contributed by atoms with E-state index in [0.29, 0.717) is 12.4 Å². The maximum absolute atomic E-state index is 14.0. The van der Waals surface area contributed by atoms with Crippen LogP contribution in [0.15, 0.2) is 18.2 Å². The van der Waals surface area contributed by atoms with Crippen LogP contribution in [-0.2, 0) is 6.54 Å².